The number of aromatic amines is 1. The lowest BCUT2D eigenvalue weighted by molar-refractivity contribution is 0.149. The average Bonchev–Trinajstić information content (AvgIpc) is 1.82. The van der Waals surface area contributed by atoms with Gasteiger partial charge in [0, 0.05) is 5.69 Å². The molecule has 0 aliphatic rings. The van der Waals surface area contributed by atoms with Gasteiger partial charge in [-0.3, -0.25) is 4.79 Å². The van der Waals surface area contributed by atoms with Crippen LogP contribution in [0.15, 0.2) is 10.9 Å². The first kappa shape index (κ1) is 8.90. The number of H-pyrrole nitrogens is 1. The van der Waals surface area contributed by atoms with Crippen LogP contribution in [-0.4, -0.2) is 4.98 Å². The fourth-order valence-electron chi connectivity index (χ4n) is 1.14. The first-order chi connectivity index (χ1) is 5.52. The van der Waals surface area contributed by atoms with E-state index in [0.29, 0.717) is 11.3 Å². The van der Waals surface area contributed by atoms with E-state index in [1.807, 2.05) is 0 Å². The summed E-state index contributed by atoms with van der Waals surface area (Å²) in [6.45, 7) is 3.16. The lowest BCUT2D eigenvalue weighted by Gasteiger charge is -2.03. The molecule has 1 aromatic rings. The second-order valence-corrected chi connectivity index (χ2v) is 2.68. The summed E-state index contributed by atoms with van der Waals surface area (Å²) < 4.78 is 24.4. The molecule has 0 aromatic carbocycles. The Labute approximate surface area is 68.2 Å². The topological polar surface area (TPSA) is 32.9 Å². The standard InChI is InChI=1S/C8H9F2NO/c1-4-3-5(2)11-8(12)6(4)7(9)10/h3,7H,1-2H3,(H,11,12). The van der Waals surface area contributed by atoms with E-state index in [1.165, 1.54) is 13.0 Å². The maximum absolute atomic E-state index is 12.2. The minimum Gasteiger partial charge on any atom is -0.326 e. The summed E-state index contributed by atoms with van der Waals surface area (Å²) in [5.41, 5.74) is -0.184. The SMILES string of the molecule is Cc1cc(C)c(C(F)F)c(=O)[nH]1. The van der Waals surface area contributed by atoms with Crippen molar-refractivity contribution in [3.05, 3.63) is 33.2 Å². The second kappa shape index (κ2) is 3.05. The molecule has 4 heteroatoms. The summed E-state index contributed by atoms with van der Waals surface area (Å²) in [5.74, 6) is 0. The van der Waals surface area contributed by atoms with Crippen molar-refractivity contribution in [1.82, 2.24) is 4.98 Å². The third-order valence-corrected chi connectivity index (χ3v) is 1.63. The Balaban J connectivity index is 3.39. The molecule has 12 heavy (non-hydrogen) atoms. The van der Waals surface area contributed by atoms with Crippen molar-refractivity contribution < 1.29 is 8.78 Å². The van der Waals surface area contributed by atoms with Gasteiger partial charge in [0.2, 0.25) is 0 Å². The van der Waals surface area contributed by atoms with Crippen LogP contribution in [0.3, 0.4) is 0 Å². The highest BCUT2D eigenvalue weighted by Crippen LogP contribution is 2.18. The Morgan fingerprint density at radius 1 is 1.42 bits per heavy atom. The molecular weight excluding hydrogens is 164 g/mol. The summed E-state index contributed by atoms with van der Waals surface area (Å²) >= 11 is 0. The predicted molar refractivity (Wildman–Crippen MR) is 41.5 cm³/mol. The molecule has 1 rings (SSSR count). The van der Waals surface area contributed by atoms with Crippen LogP contribution < -0.4 is 5.56 Å². The van der Waals surface area contributed by atoms with Gasteiger partial charge in [0.05, 0.1) is 5.56 Å². The van der Waals surface area contributed by atoms with Crippen molar-refractivity contribution in [3.8, 4) is 0 Å². The fourth-order valence-corrected chi connectivity index (χ4v) is 1.14. The molecule has 2 nitrogen and oxygen atoms in total. The van der Waals surface area contributed by atoms with E-state index in [1.54, 1.807) is 6.92 Å². The first-order valence-electron chi connectivity index (χ1n) is 3.51. The number of hydrogen-bond donors (Lipinski definition) is 1. The third-order valence-electron chi connectivity index (χ3n) is 1.63. The van der Waals surface area contributed by atoms with Gasteiger partial charge in [-0.05, 0) is 25.5 Å². The van der Waals surface area contributed by atoms with Crippen LogP contribution in [0.25, 0.3) is 0 Å². The second-order valence-electron chi connectivity index (χ2n) is 2.68. The van der Waals surface area contributed by atoms with Crippen LogP contribution in [0.4, 0.5) is 8.78 Å². The summed E-state index contributed by atoms with van der Waals surface area (Å²) in [4.78, 5) is 13.3. The van der Waals surface area contributed by atoms with Gasteiger partial charge in [0.15, 0.2) is 0 Å². The molecule has 0 aliphatic carbocycles. The maximum Gasteiger partial charge on any atom is 0.269 e. The van der Waals surface area contributed by atoms with Crippen LogP contribution in [0.1, 0.15) is 23.2 Å². The Hall–Kier alpha value is -1.19. The van der Waals surface area contributed by atoms with Crippen molar-refractivity contribution in [2.75, 3.05) is 0 Å². The zero-order chi connectivity index (χ0) is 9.30. The zero-order valence-electron chi connectivity index (χ0n) is 6.82. The van der Waals surface area contributed by atoms with Gasteiger partial charge in [-0.15, -0.1) is 0 Å². The van der Waals surface area contributed by atoms with Gasteiger partial charge >= 0.3 is 0 Å². The van der Waals surface area contributed by atoms with E-state index in [9.17, 15) is 13.6 Å². The van der Waals surface area contributed by atoms with Crippen LogP contribution >= 0.6 is 0 Å². The van der Waals surface area contributed by atoms with Crippen LogP contribution in [0, 0.1) is 13.8 Å². The van der Waals surface area contributed by atoms with Gasteiger partial charge in [-0.1, -0.05) is 0 Å². The monoisotopic (exact) mass is 173 g/mol. The van der Waals surface area contributed by atoms with Gasteiger partial charge < -0.3 is 4.98 Å². The van der Waals surface area contributed by atoms with E-state index in [2.05, 4.69) is 4.98 Å². The summed E-state index contributed by atoms with van der Waals surface area (Å²) in [6, 6.07) is 1.53. The molecule has 0 aliphatic heterocycles. The Morgan fingerprint density at radius 2 is 2.00 bits per heavy atom. The molecule has 1 heterocycles. The quantitative estimate of drug-likeness (QED) is 0.691. The minimum atomic E-state index is -2.70. The number of aromatic nitrogens is 1. The Bertz CT molecular complexity index is 343. The molecule has 66 valence electrons. The summed E-state index contributed by atoms with van der Waals surface area (Å²) in [5, 5.41) is 0. The van der Waals surface area contributed by atoms with E-state index in [4.69, 9.17) is 0 Å². The number of nitrogens with one attached hydrogen (secondary N) is 1. The molecule has 0 amide bonds. The van der Waals surface area contributed by atoms with Crippen LogP contribution in [0.5, 0.6) is 0 Å². The van der Waals surface area contributed by atoms with Gasteiger partial charge in [0.25, 0.3) is 12.0 Å². The van der Waals surface area contributed by atoms with Crippen molar-refractivity contribution in [2.45, 2.75) is 20.3 Å². The molecule has 1 aromatic heterocycles. The third kappa shape index (κ3) is 1.52. The molecule has 0 spiro atoms. The van der Waals surface area contributed by atoms with Gasteiger partial charge in [-0.25, -0.2) is 8.78 Å². The largest absolute Gasteiger partial charge is 0.326 e. The Kier molecular flexibility index (Phi) is 2.26. The highest BCUT2D eigenvalue weighted by Gasteiger charge is 2.14. The minimum absolute atomic E-state index is 0.339. The predicted octanol–water partition coefficient (Wildman–Crippen LogP) is 1.93. The molecule has 0 saturated heterocycles. The van der Waals surface area contributed by atoms with E-state index in [0.717, 1.165) is 0 Å². The smallest absolute Gasteiger partial charge is 0.269 e. The first-order valence-corrected chi connectivity index (χ1v) is 3.51. The number of hydrogen-bond acceptors (Lipinski definition) is 1. The highest BCUT2D eigenvalue weighted by atomic mass is 19.3. The number of pyridine rings is 1. The average molecular weight is 173 g/mol. The molecule has 0 bridgehead atoms. The lowest BCUT2D eigenvalue weighted by Crippen LogP contribution is -2.15. The van der Waals surface area contributed by atoms with Crippen LogP contribution in [-0.2, 0) is 0 Å². The molecule has 0 saturated carbocycles. The number of aryl methyl sites for hydroxylation is 2. The van der Waals surface area contributed by atoms with E-state index >= 15 is 0 Å². The number of rotatable bonds is 1. The van der Waals surface area contributed by atoms with Gasteiger partial charge in [0.1, 0.15) is 0 Å². The van der Waals surface area contributed by atoms with Crippen molar-refractivity contribution in [1.29, 1.82) is 0 Å². The molecule has 1 N–H and O–H groups in total. The lowest BCUT2D eigenvalue weighted by atomic mass is 10.1. The summed E-state index contributed by atoms with van der Waals surface area (Å²) in [7, 11) is 0. The Morgan fingerprint density at radius 3 is 2.42 bits per heavy atom. The molecular formula is C8H9F2NO. The van der Waals surface area contributed by atoms with E-state index < -0.39 is 17.5 Å². The molecule has 0 radical (unpaired) electrons. The maximum atomic E-state index is 12.2. The number of alkyl halides is 2. The van der Waals surface area contributed by atoms with Crippen molar-refractivity contribution in [3.63, 3.8) is 0 Å². The highest BCUT2D eigenvalue weighted by molar-refractivity contribution is 5.25. The van der Waals surface area contributed by atoms with Gasteiger partial charge in [-0.2, -0.15) is 0 Å². The molecule has 0 atom stereocenters. The number of halogens is 2. The molecule has 0 unspecified atom stereocenters. The van der Waals surface area contributed by atoms with Crippen molar-refractivity contribution >= 4 is 0 Å². The zero-order valence-corrected chi connectivity index (χ0v) is 6.82. The molecule has 0 fully saturated rings. The summed E-state index contributed by atoms with van der Waals surface area (Å²) in [6.07, 6.45) is -2.70. The van der Waals surface area contributed by atoms with Crippen molar-refractivity contribution in [2.24, 2.45) is 0 Å². The normalized spacial score (nSPS) is 10.8. The fraction of sp³-hybridized carbons (Fsp3) is 0.375. The van der Waals surface area contributed by atoms with Crippen LogP contribution in [0.2, 0.25) is 0 Å². The van der Waals surface area contributed by atoms with E-state index in [-0.39, 0.29) is 0 Å².